The van der Waals surface area contributed by atoms with Crippen LogP contribution in [0.25, 0.3) is 10.9 Å². The molecule has 0 fully saturated rings. The summed E-state index contributed by atoms with van der Waals surface area (Å²) in [4.78, 5) is 14.7. The smallest absolute Gasteiger partial charge is 0.352 e. The molecule has 1 N–H and O–H groups in total. The fourth-order valence-corrected chi connectivity index (χ4v) is 1.38. The Morgan fingerprint density at radius 2 is 2.38 bits per heavy atom. The number of hydrogen-bond donors (Lipinski definition) is 1. The topological polar surface area (TPSA) is 55.1 Å². The van der Waals surface area contributed by atoms with Gasteiger partial charge in [-0.05, 0) is 12.1 Å². The Kier molecular flexibility index (Phi) is 1.55. The highest BCUT2D eigenvalue weighted by atomic mass is 16.4. The van der Waals surface area contributed by atoms with Crippen LogP contribution in [-0.2, 0) is 7.05 Å². The molecule has 2 aromatic heterocycles. The summed E-state index contributed by atoms with van der Waals surface area (Å²) < 4.78 is 1.62. The molecule has 0 bridgehead atoms. The summed E-state index contributed by atoms with van der Waals surface area (Å²) in [5.74, 6) is -0.918. The summed E-state index contributed by atoms with van der Waals surface area (Å²) in [5, 5.41) is 9.72. The van der Waals surface area contributed by atoms with Crippen LogP contribution < -0.4 is 0 Å². The van der Waals surface area contributed by atoms with E-state index in [0.29, 0.717) is 0 Å². The highest BCUT2D eigenvalue weighted by Gasteiger charge is 2.10. The third kappa shape index (κ3) is 1.07. The van der Waals surface area contributed by atoms with Crippen molar-refractivity contribution in [2.24, 2.45) is 7.05 Å². The molecule has 4 nitrogen and oxygen atoms in total. The normalized spacial score (nSPS) is 10.5. The van der Waals surface area contributed by atoms with Gasteiger partial charge in [0.25, 0.3) is 0 Å². The Morgan fingerprint density at radius 1 is 1.62 bits per heavy atom. The molecule has 0 saturated carbocycles. The van der Waals surface area contributed by atoms with Gasteiger partial charge in [-0.25, -0.2) is 4.79 Å². The lowest BCUT2D eigenvalue weighted by Gasteiger charge is -1.97. The zero-order valence-electron chi connectivity index (χ0n) is 7.06. The van der Waals surface area contributed by atoms with Crippen molar-refractivity contribution in [2.75, 3.05) is 0 Å². The van der Waals surface area contributed by atoms with Gasteiger partial charge in [0.2, 0.25) is 0 Å². The molecule has 0 radical (unpaired) electrons. The predicted octanol–water partition coefficient (Wildman–Crippen LogP) is 1.27. The van der Waals surface area contributed by atoms with Crippen molar-refractivity contribution >= 4 is 16.9 Å². The molecule has 0 aliphatic heterocycles. The zero-order valence-corrected chi connectivity index (χ0v) is 7.06. The van der Waals surface area contributed by atoms with Crippen LogP contribution in [-0.4, -0.2) is 20.6 Å². The first-order valence-corrected chi connectivity index (χ1v) is 3.83. The van der Waals surface area contributed by atoms with Crippen LogP contribution in [0.15, 0.2) is 24.5 Å². The fourth-order valence-electron chi connectivity index (χ4n) is 1.38. The number of pyridine rings is 1. The van der Waals surface area contributed by atoms with E-state index in [0.717, 1.165) is 10.9 Å². The highest BCUT2D eigenvalue weighted by Crippen LogP contribution is 2.16. The maximum atomic E-state index is 10.8. The fraction of sp³-hybridized carbons (Fsp3) is 0.111. The molecule has 0 spiro atoms. The summed E-state index contributed by atoms with van der Waals surface area (Å²) in [6.45, 7) is 0. The number of aryl methyl sites for hydroxylation is 1. The van der Waals surface area contributed by atoms with Crippen molar-refractivity contribution < 1.29 is 9.90 Å². The molecule has 0 unspecified atom stereocenters. The number of rotatable bonds is 1. The van der Waals surface area contributed by atoms with Crippen LogP contribution in [0.5, 0.6) is 0 Å². The monoisotopic (exact) mass is 176 g/mol. The molecular formula is C9H8N2O2. The van der Waals surface area contributed by atoms with Gasteiger partial charge in [-0.2, -0.15) is 0 Å². The van der Waals surface area contributed by atoms with Crippen LogP contribution in [0.4, 0.5) is 0 Å². The molecule has 2 rings (SSSR count). The largest absolute Gasteiger partial charge is 0.477 e. The molecule has 13 heavy (non-hydrogen) atoms. The van der Waals surface area contributed by atoms with Crippen LogP contribution in [0.1, 0.15) is 10.5 Å². The average molecular weight is 176 g/mol. The Hall–Kier alpha value is -1.84. The van der Waals surface area contributed by atoms with Crippen LogP contribution in [0.3, 0.4) is 0 Å². The van der Waals surface area contributed by atoms with Crippen molar-refractivity contribution in [1.29, 1.82) is 0 Å². The molecule has 0 atom stereocenters. The lowest BCUT2D eigenvalue weighted by Crippen LogP contribution is -2.03. The maximum Gasteiger partial charge on any atom is 0.352 e. The summed E-state index contributed by atoms with van der Waals surface area (Å²) in [7, 11) is 1.72. The van der Waals surface area contributed by atoms with Crippen molar-refractivity contribution in [1.82, 2.24) is 9.55 Å². The average Bonchev–Trinajstić information content (AvgIpc) is 2.45. The van der Waals surface area contributed by atoms with E-state index in [1.54, 1.807) is 36.1 Å². The molecule has 0 amide bonds. The third-order valence-electron chi connectivity index (χ3n) is 2.07. The quantitative estimate of drug-likeness (QED) is 0.711. The van der Waals surface area contributed by atoms with Gasteiger partial charge in [0.05, 0.1) is 11.7 Å². The minimum atomic E-state index is -0.918. The summed E-state index contributed by atoms with van der Waals surface area (Å²) in [5.41, 5.74) is 1.11. The minimum absolute atomic E-state index is 0.281. The zero-order chi connectivity index (χ0) is 9.42. The lowest BCUT2D eigenvalue weighted by molar-refractivity contribution is 0.0687. The number of fused-ring (bicyclic) bond motifs is 1. The second kappa shape index (κ2) is 2.58. The summed E-state index contributed by atoms with van der Waals surface area (Å²) in [6, 6.07) is 3.43. The van der Waals surface area contributed by atoms with Crippen LogP contribution >= 0.6 is 0 Å². The van der Waals surface area contributed by atoms with Gasteiger partial charge in [0.15, 0.2) is 0 Å². The molecule has 0 aliphatic rings. The number of aromatic nitrogens is 2. The maximum absolute atomic E-state index is 10.8. The molecule has 2 heterocycles. The predicted molar refractivity (Wildman–Crippen MR) is 47.7 cm³/mol. The number of aromatic carboxylic acids is 1. The lowest BCUT2D eigenvalue weighted by atomic mass is 10.3. The minimum Gasteiger partial charge on any atom is -0.477 e. The van der Waals surface area contributed by atoms with E-state index in [1.807, 2.05) is 0 Å². The van der Waals surface area contributed by atoms with E-state index >= 15 is 0 Å². The number of carbonyl (C=O) groups is 1. The van der Waals surface area contributed by atoms with Crippen molar-refractivity contribution in [2.45, 2.75) is 0 Å². The van der Waals surface area contributed by atoms with E-state index in [9.17, 15) is 4.79 Å². The Labute approximate surface area is 74.4 Å². The standard InChI is InChI=1S/C9H8N2O2/c1-11-7(9(12)13)4-6-2-3-10-5-8(6)11/h2-5H,1H3,(H,12,13). The molecule has 0 aromatic carbocycles. The SMILES string of the molecule is Cn1c(C(=O)O)cc2ccncc21. The molecular weight excluding hydrogens is 168 g/mol. The first-order chi connectivity index (χ1) is 6.20. The van der Waals surface area contributed by atoms with Crippen molar-refractivity contribution in [3.63, 3.8) is 0 Å². The summed E-state index contributed by atoms with van der Waals surface area (Å²) >= 11 is 0. The van der Waals surface area contributed by atoms with Gasteiger partial charge in [0.1, 0.15) is 5.69 Å². The Bertz CT molecular complexity index is 473. The molecule has 2 aromatic rings. The van der Waals surface area contributed by atoms with E-state index in [1.165, 1.54) is 0 Å². The first kappa shape index (κ1) is 7.79. The van der Waals surface area contributed by atoms with Crippen LogP contribution in [0, 0.1) is 0 Å². The van der Waals surface area contributed by atoms with Gasteiger partial charge < -0.3 is 9.67 Å². The highest BCUT2D eigenvalue weighted by molar-refractivity contribution is 5.94. The van der Waals surface area contributed by atoms with Gasteiger partial charge in [0, 0.05) is 18.6 Å². The van der Waals surface area contributed by atoms with E-state index in [-0.39, 0.29) is 5.69 Å². The Balaban J connectivity index is 2.81. The van der Waals surface area contributed by atoms with Crippen LogP contribution in [0.2, 0.25) is 0 Å². The second-order valence-corrected chi connectivity index (χ2v) is 2.83. The van der Waals surface area contributed by atoms with Gasteiger partial charge in [-0.3, -0.25) is 4.98 Å². The van der Waals surface area contributed by atoms with E-state index in [4.69, 9.17) is 5.11 Å². The first-order valence-electron chi connectivity index (χ1n) is 3.83. The number of hydrogen-bond acceptors (Lipinski definition) is 2. The number of carboxylic acids is 1. The Morgan fingerprint density at radius 3 is 3.00 bits per heavy atom. The molecule has 0 saturated heterocycles. The van der Waals surface area contributed by atoms with Crippen molar-refractivity contribution in [3.8, 4) is 0 Å². The van der Waals surface area contributed by atoms with Crippen molar-refractivity contribution in [3.05, 3.63) is 30.2 Å². The molecule has 66 valence electrons. The van der Waals surface area contributed by atoms with Gasteiger partial charge in [-0.15, -0.1) is 0 Å². The van der Waals surface area contributed by atoms with Gasteiger partial charge in [-0.1, -0.05) is 0 Å². The number of carboxylic acid groups (broad SMARTS) is 1. The van der Waals surface area contributed by atoms with E-state index in [2.05, 4.69) is 4.98 Å². The van der Waals surface area contributed by atoms with E-state index < -0.39 is 5.97 Å². The van der Waals surface area contributed by atoms with Gasteiger partial charge >= 0.3 is 5.97 Å². The molecule has 0 aliphatic carbocycles. The number of nitrogens with zero attached hydrogens (tertiary/aromatic N) is 2. The summed E-state index contributed by atoms with van der Waals surface area (Å²) in [6.07, 6.45) is 3.30. The second-order valence-electron chi connectivity index (χ2n) is 2.83. The molecule has 4 heteroatoms. The third-order valence-corrected chi connectivity index (χ3v) is 2.07.